The van der Waals surface area contributed by atoms with Crippen LogP contribution in [0.5, 0.6) is 0 Å². The van der Waals surface area contributed by atoms with E-state index >= 15 is 0 Å². The topological polar surface area (TPSA) is 56.7 Å². The van der Waals surface area contributed by atoms with Crippen molar-refractivity contribution in [3.05, 3.63) is 11.4 Å². The SMILES string of the molecule is Cn1nnc2c1CC[C@H]1[C@@H](CN)[C@H]1CC2. The van der Waals surface area contributed by atoms with Crippen LogP contribution < -0.4 is 5.73 Å². The zero-order valence-electron chi connectivity index (χ0n) is 9.19. The second-order valence-electron chi connectivity index (χ2n) is 4.91. The van der Waals surface area contributed by atoms with E-state index in [1.807, 2.05) is 11.7 Å². The van der Waals surface area contributed by atoms with E-state index in [2.05, 4.69) is 10.3 Å². The van der Waals surface area contributed by atoms with Gasteiger partial charge in [0, 0.05) is 7.05 Å². The summed E-state index contributed by atoms with van der Waals surface area (Å²) in [6, 6.07) is 0. The Morgan fingerprint density at radius 3 is 2.80 bits per heavy atom. The minimum Gasteiger partial charge on any atom is -0.330 e. The molecule has 1 fully saturated rings. The number of nitrogens with two attached hydrogens (primary N) is 1. The summed E-state index contributed by atoms with van der Waals surface area (Å²) in [5.74, 6) is 2.57. The molecule has 1 saturated carbocycles. The summed E-state index contributed by atoms with van der Waals surface area (Å²) in [5.41, 5.74) is 8.34. The van der Waals surface area contributed by atoms with Crippen LogP contribution in [-0.2, 0) is 19.9 Å². The van der Waals surface area contributed by atoms with Crippen molar-refractivity contribution < 1.29 is 0 Å². The number of fused-ring (bicyclic) bond motifs is 2. The quantitative estimate of drug-likeness (QED) is 0.728. The van der Waals surface area contributed by atoms with Crippen molar-refractivity contribution >= 4 is 0 Å². The molecule has 0 saturated heterocycles. The van der Waals surface area contributed by atoms with Gasteiger partial charge >= 0.3 is 0 Å². The van der Waals surface area contributed by atoms with Gasteiger partial charge in [0.05, 0.1) is 11.4 Å². The Kier molecular flexibility index (Phi) is 2.06. The molecule has 2 aliphatic rings. The van der Waals surface area contributed by atoms with E-state index in [1.54, 1.807) is 0 Å². The molecule has 1 aromatic rings. The van der Waals surface area contributed by atoms with E-state index in [9.17, 15) is 0 Å². The minimum absolute atomic E-state index is 0.798. The fourth-order valence-corrected chi connectivity index (χ4v) is 3.26. The second kappa shape index (κ2) is 3.30. The average molecular weight is 206 g/mol. The lowest BCUT2D eigenvalue weighted by Gasteiger charge is -2.07. The summed E-state index contributed by atoms with van der Waals surface area (Å²) < 4.78 is 1.94. The molecule has 15 heavy (non-hydrogen) atoms. The second-order valence-corrected chi connectivity index (χ2v) is 4.91. The normalized spacial score (nSPS) is 33.9. The maximum atomic E-state index is 5.77. The maximum Gasteiger partial charge on any atom is 0.0859 e. The molecule has 1 aromatic heterocycles. The smallest absolute Gasteiger partial charge is 0.0859 e. The summed E-state index contributed by atoms with van der Waals surface area (Å²) in [6.45, 7) is 0.872. The van der Waals surface area contributed by atoms with Crippen LogP contribution in [0.3, 0.4) is 0 Å². The Bertz CT molecular complexity index is 371. The van der Waals surface area contributed by atoms with Gasteiger partial charge in [-0.3, -0.25) is 4.68 Å². The highest BCUT2D eigenvalue weighted by molar-refractivity contribution is 5.14. The Morgan fingerprint density at radius 1 is 1.33 bits per heavy atom. The van der Waals surface area contributed by atoms with E-state index in [4.69, 9.17) is 5.73 Å². The molecule has 0 bridgehead atoms. The molecule has 0 spiro atoms. The highest BCUT2D eigenvalue weighted by atomic mass is 15.4. The third kappa shape index (κ3) is 1.39. The molecule has 1 heterocycles. The lowest BCUT2D eigenvalue weighted by Crippen LogP contribution is -2.05. The van der Waals surface area contributed by atoms with Crippen molar-refractivity contribution in [3.8, 4) is 0 Å². The molecule has 0 unspecified atom stereocenters. The molecule has 0 aliphatic heterocycles. The molecule has 2 N–H and O–H groups in total. The van der Waals surface area contributed by atoms with Crippen LogP contribution in [-0.4, -0.2) is 21.5 Å². The zero-order valence-corrected chi connectivity index (χ0v) is 9.19. The fourth-order valence-electron chi connectivity index (χ4n) is 3.26. The van der Waals surface area contributed by atoms with Crippen molar-refractivity contribution in [2.24, 2.45) is 30.5 Å². The van der Waals surface area contributed by atoms with Gasteiger partial charge in [-0.05, 0) is 50.0 Å². The molecule has 2 aliphatic carbocycles. The number of rotatable bonds is 1. The van der Waals surface area contributed by atoms with E-state index in [0.29, 0.717) is 0 Å². The summed E-state index contributed by atoms with van der Waals surface area (Å²) in [5, 5.41) is 8.35. The molecular weight excluding hydrogens is 188 g/mol. The standard InChI is InChI=1S/C11H18N4/c1-15-11-5-3-8-7(9(8)6-12)2-4-10(11)13-14-15/h7-9H,2-6,12H2,1H3/t7-,8+,9-/m0/s1. The number of aryl methyl sites for hydroxylation is 2. The fraction of sp³-hybridized carbons (Fsp3) is 0.818. The van der Waals surface area contributed by atoms with Crippen LogP contribution in [0.1, 0.15) is 24.2 Å². The predicted molar refractivity (Wildman–Crippen MR) is 57.2 cm³/mol. The monoisotopic (exact) mass is 206 g/mol. The molecular formula is C11H18N4. The lowest BCUT2D eigenvalue weighted by molar-refractivity contribution is 0.566. The third-order valence-corrected chi connectivity index (χ3v) is 4.23. The number of hydrogen-bond donors (Lipinski definition) is 1. The summed E-state index contributed by atoms with van der Waals surface area (Å²) in [7, 11) is 2.00. The molecule has 4 heteroatoms. The van der Waals surface area contributed by atoms with Gasteiger partial charge in [-0.15, -0.1) is 5.10 Å². The molecule has 0 radical (unpaired) electrons. The van der Waals surface area contributed by atoms with Gasteiger partial charge in [0.25, 0.3) is 0 Å². The highest BCUT2D eigenvalue weighted by Crippen LogP contribution is 2.52. The first-order chi connectivity index (χ1) is 7.31. The first-order valence-electron chi connectivity index (χ1n) is 5.88. The van der Waals surface area contributed by atoms with Crippen molar-refractivity contribution in [3.63, 3.8) is 0 Å². The van der Waals surface area contributed by atoms with Gasteiger partial charge in [-0.2, -0.15) is 0 Å². The Morgan fingerprint density at radius 2 is 2.07 bits per heavy atom. The van der Waals surface area contributed by atoms with Crippen LogP contribution in [0, 0.1) is 17.8 Å². The Hall–Kier alpha value is -0.900. The highest BCUT2D eigenvalue weighted by Gasteiger charge is 2.48. The van der Waals surface area contributed by atoms with Crippen molar-refractivity contribution in [1.29, 1.82) is 0 Å². The van der Waals surface area contributed by atoms with Gasteiger partial charge in [0.1, 0.15) is 0 Å². The molecule has 0 aromatic carbocycles. The number of nitrogens with zero attached hydrogens (tertiary/aromatic N) is 3. The van der Waals surface area contributed by atoms with Crippen molar-refractivity contribution in [2.75, 3.05) is 6.54 Å². The number of hydrogen-bond acceptors (Lipinski definition) is 3. The van der Waals surface area contributed by atoms with Crippen LogP contribution in [0.4, 0.5) is 0 Å². The predicted octanol–water partition coefficient (Wildman–Crippen LogP) is 0.515. The van der Waals surface area contributed by atoms with Gasteiger partial charge < -0.3 is 5.73 Å². The molecule has 3 rings (SSSR count). The average Bonchev–Trinajstić information content (AvgIpc) is 2.76. The molecule has 4 nitrogen and oxygen atoms in total. The Labute approximate surface area is 89.8 Å². The molecule has 3 atom stereocenters. The van der Waals surface area contributed by atoms with E-state index < -0.39 is 0 Å². The van der Waals surface area contributed by atoms with Crippen LogP contribution in [0.2, 0.25) is 0 Å². The largest absolute Gasteiger partial charge is 0.330 e. The van der Waals surface area contributed by atoms with Crippen molar-refractivity contribution in [1.82, 2.24) is 15.0 Å². The third-order valence-electron chi connectivity index (χ3n) is 4.23. The summed E-state index contributed by atoms with van der Waals surface area (Å²) >= 11 is 0. The summed E-state index contributed by atoms with van der Waals surface area (Å²) in [6.07, 6.45) is 4.77. The van der Waals surface area contributed by atoms with Crippen LogP contribution >= 0.6 is 0 Å². The first-order valence-corrected chi connectivity index (χ1v) is 5.88. The zero-order chi connectivity index (χ0) is 10.4. The van der Waals surface area contributed by atoms with Gasteiger partial charge in [-0.25, -0.2) is 0 Å². The maximum absolute atomic E-state index is 5.77. The molecule has 82 valence electrons. The molecule has 0 amide bonds. The van der Waals surface area contributed by atoms with E-state index in [1.165, 1.54) is 24.2 Å². The first kappa shape index (κ1) is 9.33. The van der Waals surface area contributed by atoms with Gasteiger partial charge in [0.15, 0.2) is 0 Å². The Balaban J connectivity index is 1.80. The van der Waals surface area contributed by atoms with Gasteiger partial charge in [0.2, 0.25) is 0 Å². The van der Waals surface area contributed by atoms with Crippen LogP contribution in [0.25, 0.3) is 0 Å². The van der Waals surface area contributed by atoms with E-state index in [0.717, 1.165) is 37.1 Å². The number of aromatic nitrogens is 3. The summed E-state index contributed by atoms with van der Waals surface area (Å²) in [4.78, 5) is 0. The van der Waals surface area contributed by atoms with Crippen LogP contribution in [0.15, 0.2) is 0 Å². The van der Waals surface area contributed by atoms with Gasteiger partial charge in [-0.1, -0.05) is 5.21 Å². The van der Waals surface area contributed by atoms with Crippen molar-refractivity contribution in [2.45, 2.75) is 25.7 Å². The minimum atomic E-state index is 0.798. The lowest BCUT2D eigenvalue weighted by atomic mass is 10.0. The van der Waals surface area contributed by atoms with E-state index in [-0.39, 0.29) is 0 Å².